The van der Waals surface area contributed by atoms with Crippen LogP contribution in [0.15, 0.2) is 30.7 Å². The lowest BCUT2D eigenvalue weighted by molar-refractivity contribution is 0.103. The third kappa shape index (κ3) is 3.14. The van der Waals surface area contributed by atoms with Crippen LogP contribution in [-0.4, -0.2) is 46.5 Å². The van der Waals surface area contributed by atoms with Crippen molar-refractivity contribution in [1.29, 1.82) is 0 Å². The van der Waals surface area contributed by atoms with E-state index in [1.807, 2.05) is 0 Å². The molecule has 4 rings (SSSR count). The van der Waals surface area contributed by atoms with Gasteiger partial charge in [-0.3, -0.25) is 9.52 Å². The summed E-state index contributed by atoms with van der Waals surface area (Å²) in [5, 5.41) is 0.509. The second-order valence-electron chi connectivity index (χ2n) is 6.59. The lowest BCUT2D eigenvalue weighted by Crippen LogP contribution is -2.33. The fourth-order valence-electron chi connectivity index (χ4n) is 3.36. The monoisotopic (exact) mass is 403 g/mol. The molecule has 1 aliphatic heterocycles. The number of hydrogen-bond donors (Lipinski definition) is 2. The number of halogens is 1. The van der Waals surface area contributed by atoms with Gasteiger partial charge in [0.2, 0.25) is 0 Å². The summed E-state index contributed by atoms with van der Waals surface area (Å²) >= 11 is 0. The first-order chi connectivity index (χ1) is 13.4. The molecule has 10 heteroatoms. The van der Waals surface area contributed by atoms with Crippen LogP contribution in [0.4, 0.5) is 10.1 Å². The molecule has 2 aromatic heterocycles. The van der Waals surface area contributed by atoms with E-state index in [2.05, 4.69) is 19.7 Å². The Balaban J connectivity index is 1.71. The summed E-state index contributed by atoms with van der Waals surface area (Å²) in [5.41, 5.74) is 0.797. The Bertz CT molecular complexity index is 1170. The number of fused-ring (bicyclic) bond motifs is 1. The zero-order chi connectivity index (χ0) is 19.9. The number of rotatable bonds is 5. The highest BCUT2D eigenvalue weighted by atomic mass is 32.2. The SMILES string of the molecule is Cc1ncnc2[nH]cc(C(=O)c3cccc(NS(=O)(=O)N4CCCC4)c3F)c12. The summed E-state index contributed by atoms with van der Waals surface area (Å²) in [6.07, 6.45) is 4.36. The summed E-state index contributed by atoms with van der Waals surface area (Å²) in [6, 6.07) is 4.06. The van der Waals surface area contributed by atoms with Crippen LogP contribution in [0.2, 0.25) is 0 Å². The van der Waals surface area contributed by atoms with Gasteiger partial charge in [0.1, 0.15) is 12.0 Å². The molecule has 8 nitrogen and oxygen atoms in total. The number of carbonyl (C=O) groups is 1. The van der Waals surface area contributed by atoms with Gasteiger partial charge >= 0.3 is 10.2 Å². The molecule has 1 aliphatic rings. The molecule has 2 N–H and O–H groups in total. The minimum absolute atomic E-state index is 0.228. The molecule has 0 amide bonds. The molecule has 0 radical (unpaired) electrons. The number of hydrogen-bond acceptors (Lipinski definition) is 5. The summed E-state index contributed by atoms with van der Waals surface area (Å²) in [7, 11) is -3.87. The number of aromatic nitrogens is 3. The Labute approximate surface area is 161 Å². The van der Waals surface area contributed by atoms with Crippen molar-refractivity contribution < 1.29 is 17.6 Å². The van der Waals surface area contributed by atoms with Gasteiger partial charge in [0.25, 0.3) is 0 Å². The van der Waals surface area contributed by atoms with Crippen molar-refractivity contribution in [1.82, 2.24) is 19.3 Å². The number of ketones is 1. The van der Waals surface area contributed by atoms with Gasteiger partial charge in [-0.25, -0.2) is 14.4 Å². The standard InChI is InChI=1S/C18H18FN5O3S/c1-11-15-13(9-20-18(15)22-10-21-11)17(25)12-5-4-6-14(16(12)19)23-28(26,27)24-7-2-3-8-24/h4-6,9-10,23H,2-3,7-8H2,1H3,(H,20,21,22). The first-order valence-corrected chi connectivity index (χ1v) is 10.2. The predicted molar refractivity (Wildman–Crippen MR) is 102 cm³/mol. The molecule has 0 unspecified atom stereocenters. The minimum atomic E-state index is -3.87. The van der Waals surface area contributed by atoms with Crippen molar-refractivity contribution in [2.75, 3.05) is 17.8 Å². The zero-order valence-electron chi connectivity index (χ0n) is 15.1. The highest BCUT2D eigenvalue weighted by Gasteiger charge is 2.27. The molecule has 1 fully saturated rings. The van der Waals surface area contributed by atoms with E-state index >= 15 is 4.39 Å². The molecule has 3 aromatic rings. The average molecular weight is 403 g/mol. The van der Waals surface area contributed by atoms with E-state index < -0.39 is 21.8 Å². The van der Waals surface area contributed by atoms with Crippen LogP contribution in [0.3, 0.4) is 0 Å². The quantitative estimate of drug-likeness (QED) is 0.636. The van der Waals surface area contributed by atoms with Crippen molar-refractivity contribution >= 4 is 32.7 Å². The predicted octanol–water partition coefficient (Wildman–Crippen LogP) is 2.39. The van der Waals surface area contributed by atoms with Crippen LogP contribution in [-0.2, 0) is 10.2 Å². The van der Waals surface area contributed by atoms with E-state index in [-0.39, 0.29) is 16.8 Å². The number of aromatic amines is 1. The van der Waals surface area contributed by atoms with Crippen LogP contribution in [0.25, 0.3) is 11.0 Å². The maximum Gasteiger partial charge on any atom is 0.301 e. The van der Waals surface area contributed by atoms with Crippen LogP contribution < -0.4 is 4.72 Å². The Morgan fingerprint density at radius 3 is 2.71 bits per heavy atom. The Hall–Kier alpha value is -2.85. The number of aryl methyl sites for hydroxylation is 1. The zero-order valence-corrected chi connectivity index (χ0v) is 15.9. The van der Waals surface area contributed by atoms with Gasteiger partial charge < -0.3 is 4.98 Å². The van der Waals surface area contributed by atoms with Crippen molar-refractivity contribution in [3.8, 4) is 0 Å². The molecule has 1 aromatic carbocycles. The Morgan fingerprint density at radius 1 is 1.21 bits per heavy atom. The summed E-state index contributed by atoms with van der Waals surface area (Å²) in [6.45, 7) is 2.51. The normalized spacial score (nSPS) is 15.2. The number of benzene rings is 1. The number of anilines is 1. The van der Waals surface area contributed by atoms with Gasteiger partial charge in [0, 0.05) is 19.3 Å². The lowest BCUT2D eigenvalue weighted by atomic mass is 10.0. The van der Waals surface area contributed by atoms with Gasteiger partial charge in [-0.15, -0.1) is 0 Å². The van der Waals surface area contributed by atoms with E-state index in [1.54, 1.807) is 6.92 Å². The molecular formula is C18H18FN5O3S. The van der Waals surface area contributed by atoms with Crippen molar-refractivity contribution in [2.45, 2.75) is 19.8 Å². The van der Waals surface area contributed by atoms with Crippen LogP contribution in [0.1, 0.15) is 34.5 Å². The molecule has 0 saturated carbocycles. The molecule has 28 heavy (non-hydrogen) atoms. The second kappa shape index (κ2) is 6.95. The van der Waals surface area contributed by atoms with Crippen molar-refractivity contribution in [2.24, 2.45) is 0 Å². The molecule has 3 heterocycles. The molecular weight excluding hydrogens is 385 g/mol. The van der Waals surface area contributed by atoms with Gasteiger partial charge in [0.05, 0.1) is 27.9 Å². The molecule has 0 spiro atoms. The maximum atomic E-state index is 15.0. The molecule has 0 bridgehead atoms. The van der Waals surface area contributed by atoms with Crippen LogP contribution in [0.5, 0.6) is 0 Å². The number of H-pyrrole nitrogens is 1. The highest BCUT2D eigenvalue weighted by Crippen LogP contribution is 2.26. The van der Waals surface area contributed by atoms with E-state index in [0.717, 1.165) is 12.8 Å². The maximum absolute atomic E-state index is 15.0. The van der Waals surface area contributed by atoms with Gasteiger partial charge in [0.15, 0.2) is 11.6 Å². The Kier molecular flexibility index (Phi) is 4.60. The first kappa shape index (κ1) is 18.5. The third-order valence-electron chi connectivity index (χ3n) is 4.79. The fraction of sp³-hybridized carbons (Fsp3) is 0.278. The lowest BCUT2D eigenvalue weighted by Gasteiger charge is -2.17. The average Bonchev–Trinajstić information content (AvgIpc) is 3.33. The second-order valence-corrected chi connectivity index (χ2v) is 8.27. The van der Waals surface area contributed by atoms with Gasteiger partial charge in [-0.1, -0.05) is 6.07 Å². The molecule has 1 saturated heterocycles. The summed E-state index contributed by atoms with van der Waals surface area (Å²) in [5.74, 6) is -1.50. The summed E-state index contributed by atoms with van der Waals surface area (Å²) < 4.78 is 43.4. The smallest absolute Gasteiger partial charge is 0.301 e. The van der Waals surface area contributed by atoms with Crippen molar-refractivity contribution in [3.63, 3.8) is 0 Å². The number of nitrogens with zero attached hydrogens (tertiary/aromatic N) is 3. The first-order valence-electron chi connectivity index (χ1n) is 8.78. The van der Waals surface area contributed by atoms with E-state index in [9.17, 15) is 13.2 Å². The fourth-order valence-corrected chi connectivity index (χ4v) is 4.66. The van der Waals surface area contributed by atoms with E-state index in [1.165, 1.54) is 35.0 Å². The Morgan fingerprint density at radius 2 is 1.96 bits per heavy atom. The van der Waals surface area contributed by atoms with Gasteiger partial charge in [-0.2, -0.15) is 12.7 Å². The molecule has 146 valence electrons. The number of carbonyl (C=O) groups excluding carboxylic acids is 1. The third-order valence-corrected chi connectivity index (χ3v) is 6.31. The van der Waals surface area contributed by atoms with E-state index in [0.29, 0.717) is 29.8 Å². The van der Waals surface area contributed by atoms with Gasteiger partial charge in [-0.05, 0) is 31.9 Å². The van der Waals surface area contributed by atoms with Crippen LogP contribution in [0, 0.1) is 12.7 Å². The minimum Gasteiger partial charge on any atom is -0.345 e. The van der Waals surface area contributed by atoms with E-state index in [4.69, 9.17) is 0 Å². The topological polar surface area (TPSA) is 108 Å². The number of nitrogens with one attached hydrogen (secondary N) is 2. The molecule has 0 atom stereocenters. The van der Waals surface area contributed by atoms with Crippen LogP contribution >= 0.6 is 0 Å². The largest absolute Gasteiger partial charge is 0.345 e. The van der Waals surface area contributed by atoms with Crippen molar-refractivity contribution in [3.05, 3.63) is 53.4 Å². The summed E-state index contributed by atoms with van der Waals surface area (Å²) in [4.78, 5) is 24.0. The highest BCUT2D eigenvalue weighted by molar-refractivity contribution is 7.90. The molecule has 0 aliphatic carbocycles.